The molecule has 154 valence electrons. The minimum atomic E-state index is -0.414. The molecule has 0 fully saturated rings. The van der Waals surface area contributed by atoms with Crippen molar-refractivity contribution in [3.8, 4) is 11.1 Å². The second-order valence-electron chi connectivity index (χ2n) is 7.70. The van der Waals surface area contributed by atoms with Crippen molar-refractivity contribution in [3.05, 3.63) is 93.2 Å². The number of non-ortho nitro benzene ring substituents is 2. The number of benzene rings is 4. The van der Waals surface area contributed by atoms with Gasteiger partial charge in [0.1, 0.15) is 0 Å². The number of fused-ring (bicyclic) bond motifs is 5. The Labute approximate surface area is 179 Å². The molecule has 0 bridgehead atoms. The van der Waals surface area contributed by atoms with Gasteiger partial charge in [0.25, 0.3) is 11.4 Å². The lowest BCUT2D eigenvalue weighted by molar-refractivity contribution is -0.384. The average Bonchev–Trinajstić information content (AvgIpc) is 3.37. The first-order valence-electron chi connectivity index (χ1n) is 9.89. The Morgan fingerprint density at radius 1 is 0.688 bits per heavy atom. The van der Waals surface area contributed by atoms with Gasteiger partial charge in [0, 0.05) is 63.3 Å². The van der Waals surface area contributed by atoms with Crippen LogP contribution >= 0.6 is 0 Å². The SMILES string of the molecule is O=[N+]([O-])c1ccc2c(-c3c4ccccc4cc4[nH]c5cc([N+](=O)[O-])ccc5c34)c[nH]c2c1. The summed E-state index contributed by atoms with van der Waals surface area (Å²) in [6.07, 6.45) is 1.86. The molecule has 0 unspecified atom stereocenters. The van der Waals surface area contributed by atoms with E-state index in [9.17, 15) is 20.2 Å². The predicted octanol–water partition coefficient (Wildman–Crippen LogP) is 6.44. The van der Waals surface area contributed by atoms with Crippen LogP contribution in [0, 0.1) is 20.2 Å². The molecule has 8 heteroatoms. The maximum atomic E-state index is 11.3. The number of aromatic amines is 2. The smallest absolute Gasteiger partial charge is 0.271 e. The van der Waals surface area contributed by atoms with E-state index in [0.29, 0.717) is 11.0 Å². The number of rotatable bonds is 3. The number of nitrogens with zero attached hydrogens (tertiary/aromatic N) is 2. The molecule has 2 N–H and O–H groups in total. The number of hydrogen-bond donors (Lipinski definition) is 2. The fraction of sp³-hybridized carbons (Fsp3) is 0. The van der Waals surface area contributed by atoms with Crippen molar-refractivity contribution in [3.63, 3.8) is 0 Å². The minimum absolute atomic E-state index is 0.0216. The van der Waals surface area contributed by atoms with Gasteiger partial charge in [0.05, 0.1) is 20.9 Å². The van der Waals surface area contributed by atoms with Crippen LogP contribution in [0.25, 0.3) is 54.6 Å². The zero-order chi connectivity index (χ0) is 22.0. The van der Waals surface area contributed by atoms with Crippen molar-refractivity contribution < 1.29 is 9.85 Å². The van der Waals surface area contributed by atoms with Crippen LogP contribution in [0.1, 0.15) is 0 Å². The van der Waals surface area contributed by atoms with Crippen LogP contribution in [-0.4, -0.2) is 19.8 Å². The Hall–Kier alpha value is -4.72. The zero-order valence-corrected chi connectivity index (χ0v) is 16.5. The van der Waals surface area contributed by atoms with Crippen LogP contribution in [0.4, 0.5) is 11.4 Å². The number of aromatic nitrogens is 2. The van der Waals surface area contributed by atoms with E-state index in [1.807, 2.05) is 36.5 Å². The van der Waals surface area contributed by atoms with Gasteiger partial charge in [-0.2, -0.15) is 0 Å². The number of H-pyrrole nitrogens is 2. The maximum Gasteiger partial charge on any atom is 0.271 e. The van der Waals surface area contributed by atoms with Crippen LogP contribution in [0.15, 0.2) is 72.9 Å². The quantitative estimate of drug-likeness (QED) is 0.252. The van der Waals surface area contributed by atoms with Crippen molar-refractivity contribution >= 4 is 54.9 Å². The molecule has 6 aromatic rings. The first-order chi connectivity index (χ1) is 15.5. The molecule has 0 saturated carbocycles. The summed E-state index contributed by atoms with van der Waals surface area (Å²) in [6, 6.07) is 19.6. The van der Waals surface area contributed by atoms with Crippen molar-refractivity contribution in [2.24, 2.45) is 0 Å². The van der Waals surface area contributed by atoms with E-state index in [2.05, 4.69) is 9.97 Å². The van der Waals surface area contributed by atoms with Crippen LogP contribution in [0.5, 0.6) is 0 Å². The molecule has 32 heavy (non-hydrogen) atoms. The van der Waals surface area contributed by atoms with E-state index in [0.717, 1.165) is 43.6 Å². The Kier molecular flexibility index (Phi) is 3.61. The third kappa shape index (κ3) is 2.50. The molecule has 4 aromatic carbocycles. The van der Waals surface area contributed by atoms with Crippen LogP contribution in [0.2, 0.25) is 0 Å². The van der Waals surface area contributed by atoms with E-state index in [-0.39, 0.29) is 11.4 Å². The largest absolute Gasteiger partial charge is 0.360 e. The van der Waals surface area contributed by atoms with Crippen LogP contribution in [-0.2, 0) is 0 Å². The molecule has 0 saturated heterocycles. The zero-order valence-electron chi connectivity index (χ0n) is 16.5. The first-order valence-corrected chi connectivity index (χ1v) is 9.89. The Morgan fingerprint density at radius 3 is 2.12 bits per heavy atom. The van der Waals surface area contributed by atoms with Crippen LogP contribution < -0.4 is 0 Å². The van der Waals surface area contributed by atoms with Crippen molar-refractivity contribution in [1.82, 2.24) is 9.97 Å². The van der Waals surface area contributed by atoms with Gasteiger partial charge in [-0.3, -0.25) is 20.2 Å². The summed E-state index contributed by atoms with van der Waals surface area (Å²) < 4.78 is 0. The molecular weight excluding hydrogens is 408 g/mol. The fourth-order valence-electron chi connectivity index (χ4n) is 4.55. The predicted molar refractivity (Wildman–Crippen MR) is 124 cm³/mol. The summed E-state index contributed by atoms with van der Waals surface area (Å²) >= 11 is 0. The molecule has 0 aliphatic rings. The molecule has 0 radical (unpaired) electrons. The normalized spacial score (nSPS) is 11.6. The van der Waals surface area contributed by atoms with Crippen molar-refractivity contribution in [1.29, 1.82) is 0 Å². The van der Waals surface area contributed by atoms with Gasteiger partial charge in [0.2, 0.25) is 0 Å². The molecular formula is C24H14N4O4. The average molecular weight is 422 g/mol. The Morgan fingerprint density at radius 2 is 1.38 bits per heavy atom. The second-order valence-corrected chi connectivity index (χ2v) is 7.70. The van der Waals surface area contributed by atoms with E-state index in [1.165, 1.54) is 18.2 Å². The van der Waals surface area contributed by atoms with Gasteiger partial charge < -0.3 is 9.97 Å². The standard InChI is InChI=1S/C24H14N4O4/c29-27(30)14-5-7-17-19(12-25-20(17)10-14)23-16-4-2-1-3-13(16)9-22-24(23)18-8-6-15(28(31)32)11-21(18)26-22/h1-12,25-26H. The summed E-state index contributed by atoms with van der Waals surface area (Å²) in [5.74, 6) is 0. The molecule has 2 aromatic heterocycles. The van der Waals surface area contributed by atoms with Gasteiger partial charge >= 0.3 is 0 Å². The van der Waals surface area contributed by atoms with Crippen LogP contribution in [0.3, 0.4) is 0 Å². The summed E-state index contributed by atoms with van der Waals surface area (Å²) in [5.41, 5.74) is 4.15. The van der Waals surface area contributed by atoms with Gasteiger partial charge in [-0.25, -0.2) is 0 Å². The first kappa shape index (κ1) is 18.1. The van der Waals surface area contributed by atoms with Gasteiger partial charge in [-0.15, -0.1) is 0 Å². The second kappa shape index (κ2) is 6.39. The monoisotopic (exact) mass is 422 g/mol. The third-order valence-corrected chi connectivity index (χ3v) is 5.95. The summed E-state index contributed by atoms with van der Waals surface area (Å²) in [7, 11) is 0. The Balaban J connectivity index is 1.76. The highest BCUT2D eigenvalue weighted by atomic mass is 16.6. The summed E-state index contributed by atoms with van der Waals surface area (Å²) in [5, 5.41) is 27.2. The molecule has 8 nitrogen and oxygen atoms in total. The van der Waals surface area contributed by atoms with Crippen molar-refractivity contribution in [2.45, 2.75) is 0 Å². The Bertz CT molecular complexity index is 1750. The highest BCUT2D eigenvalue weighted by molar-refractivity contribution is 6.24. The number of nitrogens with one attached hydrogen (secondary N) is 2. The maximum absolute atomic E-state index is 11.3. The summed E-state index contributed by atoms with van der Waals surface area (Å²) in [6.45, 7) is 0. The molecule has 0 aliphatic carbocycles. The highest BCUT2D eigenvalue weighted by Gasteiger charge is 2.19. The lowest BCUT2D eigenvalue weighted by Crippen LogP contribution is -1.87. The van der Waals surface area contributed by atoms with E-state index in [4.69, 9.17) is 0 Å². The third-order valence-electron chi connectivity index (χ3n) is 5.95. The topological polar surface area (TPSA) is 118 Å². The summed E-state index contributed by atoms with van der Waals surface area (Å²) in [4.78, 5) is 28.1. The number of hydrogen-bond acceptors (Lipinski definition) is 4. The molecule has 0 aliphatic heterocycles. The van der Waals surface area contributed by atoms with E-state index < -0.39 is 9.85 Å². The number of nitro benzene ring substituents is 2. The molecule has 0 atom stereocenters. The molecule has 6 rings (SSSR count). The molecule has 2 heterocycles. The van der Waals surface area contributed by atoms with E-state index >= 15 is 0 Å². The lowest BCUT2D eigenvalue weighted by Gasteiger charge is -2.09. The molecule has 0 amide bonds. The van der Waals surface area contributed by atoms with Gasteiger partial charge in [0.15, 0.2) is 0 Å². The van der Waals surface area contributed by atoms with Gasteiger partial charge in [-0.1, -0.05) is 24.3 Å². The lowest BCUT2D eigenvalue weighted by atomic mass is 9.93. The molecule has 0 spiro atoms. The van der Waals surface area contributed by atoms with Crippen molar-refractivity contribution in [2.75, 3.05) is 0 Å². The highest BCUT2D eigenvalue weighted by Crippen LogP contribution is 2.43. The fourth-order valence-corrected chi connectivity index (χ4v) is 4.55. The minimum Gasteiger partial charge on any atom is -0.360 e. The number of nitro groups is 2. The van der Waals surface area contributed by atoms with Gasteiger partial charge in [-0.05, 0) is 29.0 Å². The van der Waals surface area contributed by atoms with E-state index in [1.54, 1.807) is 18.2 Å².